The Balaban J connectivity index is 1.49. The first-order valence-corrected chi connectivity index (χ1v) is 5.99. The topological polar surface area (TPSA) is 77.7 Å². The fraction of sp³-hybridized carbons (Fsp3) is 0.667. The summed E-state index contributed by atoms with van der Waals surface area (Å²) in [6, 6.07) is 0. The van der Waals surface area contributed by atoms with Gasteiger partial charge in [0, 0.05) is 25.0 Å². The molecule has 0 N–H and O–H groups in total. The van der Waals surface area contributed by atoms with Crippen LogP contribution in [0.25, 0.3) is 0 Å². The van der Waals surface area contributed by atoms with Crippen LogP contribution < -0.4 is 0 Å². The van der Waals surface area contributed by atoms with Gasteiger partial charge in [-0.2, -0.15) is 0 Å². The molecular formula is C12H16O6. The van der Waals surface area contributed by atoms with Crippen LogP contribution in [0.1, 0.15) is 12.8 Å². The molecule has 0 spiro atoms. The van der Waals surface area contributed by atoms with Gasteiger partial charge in [-0.15, -0.1) is 0 Å². The van der Waals surface area contributed by atoms with Crippen LogP contribution in [0.4, 0.5) is 0 Å². The molecule has 0 radical (unpaired) electrons. The summed E-state index contributed by atoms with van der Waals surface area (Å²) < 4.78 is 19.7. The summed E-state index contributed by atoms with van der Waals surface area (Å²) in [4.78, 5) is 22.3. The predicted molar refractivity (Wildman–Crippen MR) is 59.8 cm³/mol. The lowest BCUT2D eigenvalue weighted by atomic mass is 10.3. The van der Waals surface area contributed by atoms with Gasteiger partial charge in [-0.1, -0.05) is 0 Å². The Morgan fingerprint density at radius 3 is 1.67 bits per heavy atom. The van der Waals surface area contributed by atoms with Crippen molar-refractivity contribution in [2.24, 2.45) is 0 Å². The van der Waals surface area contributed by atoms with Crippen LogP contribution in [0.15, 0.2) is 12.2 Å². The second-order valence-corrected chi connectivity index (χ2v) is 4.16. The van der Waals surface area contributed by atoms with Gasteiger partial charge in [0.05, 0.1) is 38.6 Å². The molecule has 2 saturated heterocycles. The van der Waals surface area contributed by atoms with Gasteiger partial charge < -0.3 is 18.9 Å². The van der Waals surface area contributed by atoms with Crippen molar-refractivity contribution < 1.29 is 28.5 Å². The van der Waals surface area contributed by atoms with Crippen LogP contribution in [-0.4, -0.2) is 50.6 Å². The smallest absolute Gasteiger partial charge is 0.331 e. The Morgan fingerprint density at radius 1 is 0.944 bits per heavy atom. The molecule has 0 aromatic heterocycles. The zero-order valence-electron chi connectivity index (χ0n) is 10.0. The largest absolute Gasteiger partial charge is 0.462 e. The van der Waals surface area contributed by atoms with E-state index >= 15 is 0 Å². The van der Waals surface area contributed by atoms with Crippen LogP contribution in [0, 0.1) is 0 Å². The molecule has 2 atom stereocenters. The summed E-state index contributed by atoms with van der Waals surface area (Å²) in [5.41, 5.74) is 0. The molecule has 6 heteroatoms. The average molecular weight is 256 g/mol. The Kier molecular flexibility index (Phi) is 4.72. The fourth-order valence-corrected chi connectivity index (χ4v) is 1.28. The van der Waals surface area contributed by atoms with Crippen molar-refractivity contribution >= 4 is 11.9 Å². The number of esters is 2. The molecule has 0 aromatic carbocycles. The van der Waals surface area contributed by atoms with Crippen molar-refractivity contribution in [3.63, 3.8) is 0 Å². The molecule has 2 heterocycles. The number of ether oxygens (including phenoxy) is 4. The minimum Gasteiger partial charge on any atom is -0.462 e. The van der Waals surface area contributed by atoms with E-state index in [0.29, 0.717) is 26.1 Å². The lowest BCUT2D eigenvalue weighted by Gasteiger charge is -2.00. The van der Waals surface area contributed by atoms with Crippen molar-refractivity contribution in [1.29, 1.82) is 0 Å². The van der Waals surface area contributed by atoms with Crippen LogP contribution in [-0.2, 0) is 28.5 Å². The van der Waals surface area contributed by atoms with Gasteiger partial charge in [-0.3, -0.25) is 0 Å². The molecule has 0 bridgehead atoms. The van der Waals surface area contributed by atoms with E-state index < -0.39 is 11.9 Å². The second kappa shape index (κ2) is 6.51. The standard InChI is InChI=1S/C12H16O6/c13-11(15-5-3-9-7-17-9)1-2-12(14)16-6-4-10-8-18-10/h1-2,9-10H,3-8H2. The summed E-state index contributed by atoms with van der Waals surface area (Å²) in [5, 5.41) is 0. The summed E-state index contributed by atoms with van der Waals surface area (Å²) in [6.07, 6.45) is 4.01. The minimum atomic E-state index is -0.543. The van der Waals surface area contributed by atoms with Crippen LogP contribution in [0.3, 0.4) is 0 Å². The Hall–Kier alpha value is -1.40. The summed E-state index contributed by atoms with van der Waals surface area (Å²) >= 11 is 0. The number of hydrogen-bond donors (Lipinski definition) is 0. The fourth-order valence-electron chi connectivity index (χ4n) is 1.28. The zero-order chi connectivity index (χ0) is 12.8. The normalized spacial score (nSPS) is 24.9. The van der Waals surface area contributed by atoms with E-state index in [0.717, 1.165) is 25.4 Å². The van der Waals surface area contributed by atoms with E-state index in [1.165, 1.54) is 0 Å². The van der Waals surface area contributed by atoms with E-state index in [-0.39, 0.29) is 12.2 Å². The molecular weight excluding hydrogens is 240 g/mol. The van der Waals surface area contributed by atoms with Gasteiger partial charge in [0.1, 0.15) is 0 Å². The Labute approximate surface area is 105 Å². The van der Waals surface area contributed by atoms with Gasteiger partial charge in [0.25, 0.3) is 0 Å². The van der Waals surface area contributed by atoms with Crippen LogP contribution in [0.2, 0.25) is 0 Å². The first-order chi connectivity index (χ1) is 8.74. The van der Waals surface area contributed by atoms with Gasteiger partial charge >= 0.3 is 11.9 Å². The highest BCUT2D eigenvalue weighted by molar-refractivity contribution is 5.91. The molecule has 2 fully saturated rings. The maximum atomic E-state index is 11.2. The molecule has 100 valence electrons. The second-order valence-electron chi connectivity index (χ2n) is 4.16. The maximum Gasteiger partial charge on any atom is 0.331 e. The van der Waals surface area contributed by atoms with E-state index in [4.69, 9.17) is 18.9 Å². The lowest BCUT2D eigenvalue weighted by Crippen LogP contribution is -2.07. The van der Waals surface area contributed by atoms with E-state index in [1.807, 2.05) is 0 Å². The highest BCUT2D eigenvalue weighted by Gasteiger charge is 2.22. The average Bonchev–Trinajstić information content (AvgIpc) is 3.20. The molecule has 2 unspecified atom stereocenters. The van der Waals surface area contributed by atoms with Crippen molar-refractivity contribution in [1.82, 2.24) is 0 Å². The van der Waals surface area contributed by atoms with Crippen LogP contribution in [0.5, 0.6) is 0 Å². The first-order valence-electron chi connectivity index (χ1n) is 5.99. The summed E-state index contributed by atoms with van der Waals surface area (Å²) in [6.45, 7) is 2.10. The van der Waals surface area contributed by atoms with Gasteiger partial charge in [-0.05, 0) is 0 Å². The Bertz CT molecular complexity index is 297. The monoisotopic (exact) mass is 256 g/mol. The minimum absolute atomic E-state index is 0.233. The Morgan fingerprint density at radius 2 is 1.33 bits per heavy atom. The van der Waals surface area contributed by atoms with Crippen molar-refractivity contribution in [3.8, 4) is 0 Å². The third-order valence-electron chi connectivity index (χ3n) is 2.53. The molecule has 0 saturated carbocycles. The molecule has 0 amide bonds. The number of hydrogen-bond acceptors (Lipinski definition) is 6. The molecule has 18 heavy (non-hydrogen) atoms. The number of carbonyl (C=O) groups excluding carboxylic acids is 2. The van der Waals surface area contributed by atoms with Crippen LogP contribution >= 0.6 is 0 Å². The predicted octanol–water partition coefficient (Wildman–Crippen LogP) is 0.207. The van der Waals surface area contributed by atoms with E-state index in [9.17, 15) is 9.59 Å². The number of epoxide rings is 2. The van der Waals surface area contributed by atoms with E-state index in [1.54, 1.807) is 0 Å². The molecule has 2 aliphatic rings. The summed E-state index contributed by atoms with van der Waals surface area (Å²) in [7, 11) is 0. The van der Waals surface area contributed by atoms with E-state index in [2.05, 4.69) is 0 Å². The first kappa shape index (κ1) is 13.0. The van der Waals surface area contributed by atoms with Crippen molar-refractivity contribution in [3.05, 3.63) is 12.2 Å². The number of rotatable bonds is 8. The van der Waals surface area contributed by atoms with Crippen molar-refractivity contribution in [2.45, 2.75) is 25.0 Å². The lowest BCUT2D eigenvalue weighted by molar-refractivity contribution is -0.140. The zero-order valence-corrected chi connectivity index (χ0v) is 10.0. The highest BCUT2D eigenvalue weighted by atomic mass is 16.6. The maximum absolute atomic E-state index is 11.2. The molecule has 2 rings (SSSR count). The molecule has 2 aliphatic heterocycles. The van der Waals surface area contributed by atoms with Gasteiger partial charge in [0.15, 0.2) is 0 Å². The highest BCUT2D eigenvalue weighted by Crippen LogP contribution is 2.13. The molecule has 6 nitrogen and oxygen atoms in total. The SMILES string of the molecule is O=C(C=CC(=O)OCCC1CO1)OCCC1CO1. The number of carbonyl (C=O) groups is 2. The third kappa shape index (κ3) is 5.79. The summed E-state index contributed by atoms with van der Waals surface area (Å²) in [5.74, 6) is -1.09. The van der Waals surface area contributed by atoms with Gasteiger partial charge in [0.2, 0.25) is 0 Å². The quantitative estimate of drug-likeness (QED) is 0.351. The molecule has 0 aromatic rings. The van der Waals surface area contributed by atoms with Crippen molar-refractivity contribution in [2.75, 3.05) is 26.4 Å². The molecule has 0 aliphatic carbocycles. The van der Waals surface area contributed by atoms with Gasteiger partial charge in [-0.25, -0.2) is 9.59 Å². The third-order valence-corrected chi connectivity index (χ3v) is 2.53.